The number of nitrogens with one attached hydrogen (secondary N) is 1. The minimum absolute atomic E-state index is 0.193. The van der Waals surface area contributed by atoms with Crippen LogP contribution in [0, 0.1) is 3.57 Å². The van der Waals surface area contributed by atoms with Crippen LogP contribution in [0.4, 0.5) is 0 Å². The average molecular weight is 592 g/mol. The highest BCUT2D eigenvalue weighted by Crippen LogP contribution is 2.36. The predicted octanol–water partition coefficient (Wildman–Crippen LogP) is 5.06. The molecule has 2 aromatic carbocycles. The highest BCUT2D eigenvalue weighted by molar-refractivity contribution is 14.1. The summed E-state index contributed by atoms with van der Waals surface area (Å²) >= 11 is 9.03. The molecule has 4 rings (SSSR count). The van der Waals surface area contributed by atoms with Crippen molar-refractivity contribution in [3.8, 4) is 11.5 Å². The second-order valence-electron chi connectivity index (χ2n) is 5.34. The molecule has 3 aromatic rings. The number of hydrogen-bond donors (Lipinski definition) is 1. The van der Waals surface area contributed by atoms with Crippen molar-refractivity contribution >= 4 is 77.5 Å². The maximum Gasteiger partial charge on any atom is 0.307 e. The first-order valence-corrected chi connectivity index (χ1v) is 9.99. The lowest BCUT2D eigenvalue weighted by Crippen LogP contribution is -2.16. The monoisotopic (exact) mass is 590 g/mol. The number of amides is 1. The summed E-state index contributed by atoms with van der Waals surface area (Å²) in [6.07, 6.45) is 1.52. The van der Waals surface area contributed by atoms with Gasteiger partial charge in [-0.3, -0.25) is 4.79 Å². The van der Waals surface area contributed by atoms with Crippen LogP contribution in [0.2, 0.25) is 0 Å². The van der Waals surface area contributed by atoms with Crippen LogP contribution >= 0.6 is 54.5 Å². The Kier molecular flexibility index (Phi) is 4.93. The summed E-state index contributed by atoms with van der Waals surface area (Å²) in [5.74, 6) is 1.07. The van der Waals surface area contributed by atoms with Crippen LogP contribution in [-0.4, -0.2) is 18.9 Å². The van der Waals surface area contributed by atoms with Gasteiger partial charge < -0.3 is 13.9 Å². The van der Waals surface area contributed by atoms with E-state index in [1.807, 2.05) is 12.1 Å². The molecule has 9 heteroatoms. The lowest BCUT2D eigenvalue weighted by atomic mass is 10.2. The molecular weight excluding hydrogens is 583 g/mol. The lowest BCUT2D eigenvalue weighted by molar-refractivity contribution is 0.0929. The molecule has 2 heterocycles. The van der Waals surface area contributed by atoms with Crippen molar-refractivity contribution in [3.63, 3.8) is 0 Å². The molecule has 1 N–H and O–H groups in total. The summed E-state index contributed by atoms with van der Waals surface area (Å²) in [7, 11) is 0. The SMILES string of the molecule is O=C(N/N=C/c1cc2c(cc1Br)OCO2)c1cc2cc(Br)cc(I)c2o1. The molecule has 0 bridgehead atoms. The number of rotatable bonds is 3. The van der Waals surface area contributed by atoms with Gasteiger partial charge in [0, 0.05) is 19.9 Å². The van der Waals surface area contributed by atoms with Crippen molar-refractivity contribution in [1.82, 2.24) is 5.43 Å². The quantitative estimate of drug-likeness (QED) is 0.263. The van der Waals surface area contributed by atoms with E-state index in [2.05, 4.69) is 65.0 Å². The Morgan fingerprint density at radius 2 is 1.92 bits per heavy atom. The number of carbonyl (C=O) groups is 1. The molecule has 0 fully saturated rings. The van der Waals surface area contributed by atoms with E-state index in [0.29, 0.717) is 17.1 Å². The van der Waals surface area contributed by atoms with Gasteiger partial charge in [0.25, 0.3) is 0 Å². The zero-order chi connectivity index (χ0) is 18.3. The van der Waals surface area contributed by atoms with Gasteiger partial charge in [-0.05, 0) is 68.9 Å². The summed E-state index contributed by atoms with van der Waals surface area (Å²) in [4.78, 5) is 12.3. The molecule has 1 aliphatic heterocycles. The summed E-state index contributed by atoms with van der Waals surface area (Å²) in [5, 5.41) is 4.84. The fourth-order valence-electron chi connectivity index (χ4n) is 2.44. The molecule has 0 spiro atoms. The third kappa shape index (κ3) is 3.47. The summed E-state index contributed by atoms with van der Waals surface area (Å²) in [6.45, 7) is 0.195. The first kappa shape index (κ1) is 17.8. The molecule has 0 saturated heterocycles. The van der Waals surface area contributed by atoms with Crippen LogP contribution in [0.25, 0.3) is 11.0 Å². The van der Waals surface area contributed by atoms with Gasteiger partial charge in [-0.15, -0.1) is 0 Å². The Morgan fingerprint density at radius 3 is 2.73 bits per heavy atom. The number of carbonyl (C=O) groups excluding carboxylic acids is 1. The predicted molar refractivity (Wildman–Crippen MR) is 112 cm³/mol. The number of hydrazone groups is 1. The Bertz CT molecular complexity index is 1060. The first-order chi connectivity index (χ1) is 12.5. The molecule has 6 nitrogen and oxygen atoms in total. The second-order valence-corrected chi connectivity index (χ2v) is 8.27. The van der Waals surface area contributed by atoms with Crippen molar-refractivity contribution in [2.24, 2.45) is 5.10 Å². The minimum Gasteiger partial charge on any atom is -0.454 e. The molecule has 0 radical (unpaired) electrons. The van der Waals surface area contributed by atoms with E-state index in [1.165, 1.54) is 6.21 Å². The van der Waals surface area contributed by atoms with E-state index in [0.717, 1.165) is 23.5 Å². The molecular formula is C17H9Br2IN2O4. The summed E-state index contributed by atoms with van der Waals surface area (Å²) in [6, 6.07) is 9.07. The van der Waals surface area contributed by atoms with Crippen LogP contribution in [0.1, 0.15) is 16.1 Å². The lowest BCUT2D eigenvalue weighted by Gasteiger charge is -2.01. The van der Waals surface area contributed by atoms with Gasteiger partial charge in [0.1, 0.15) is 5.58 Å². The Labute approximate surface area is 178 Å². The fourth-order valence-corrected chi connectivity index (χ4v) is 4.52. The number of halogens is 3. The van der Waals surface area contributed by atoms with E-state index >= 15 is 0 Å². The molecule has 1 aliphatic rings. The number of nitrogens with zero attached hydrogens (tertiary/aromatic N) is 1. The van der Waals surface area contributed by atoms with Crippen LogP contribution in [0.15, 0.2) is 48.8 Å². The van der Waals surface area contributed by atoms with Crippen molar-refractivity contribution in [1.29, 1.82) is 0 Å². The Hall–Kier alpha value is -1.59. The van der Waals surface area contributed by atoms with E-state index in [-0.39, 0.29) is 12.6 Å². The highest BCUT2D eigenvalue weighted by atomic mass is 127. The maximum absolute atomic E-state index is 12.3. The Morgan fingerprint density at radius 1 is 1.15 bits per heavy atom. The van der Waals surface area contributed by atoms with Crippen LogP contribution < -0.4 is 14.9 Å². The molecule has 0 atom stereocenters. The van der Waals surface area contributed by atoms with E-state index in [4.69, 9.17) is 13.9 Å². The van der Waals surface area contributed by atoms with E-state index in [9.17, 15) is 4.79 Å². The second kappa shape index (κ2) is 7.20. The molecule has 26 heavy (non-hydrogen) atoms. The van der Waals surface area contributed by atoms with Gasteiger partial charge in [-0.25, -0.2) is 5.43 Å². The smallest absolute Gasteiger partial charge is 0.307 e. The number of hydrogen-bond acceptors (Lipinski definition) is 5. The van der Waals surface area contributed by atoms with Crippen molar-refractivity contribution in [3.05, 3.63) is 54.2 Å². The van der Waals surface area contributed by atoms with Crippen molar-refractivity contribution in [2.45, 2.75) is 0 Å². The molecule has 1 amide bonds. The zero-order valence-corrected chi connectivity index (χ0v) is 18.2. The zero-order valence-electron chi connectivity index (χ0n) is 12.9. The summed E-state index contributed by atoms with van der Waals surface area (Å²) in [5.41, 5.74) is 3.88. The average Bonchev–Trinajstić information content (AvgIpc) is 3.21. The van der Waals surface area contributed by atoms with Crippen molar-refractivity contribution < 1.29 is 18.7 Å². The van der Waals surface area contributed by atoms with E-state index < -0.39 is 5.91 Å². The van der Waals surface area contributed by atoms with Gasteiger partial charge in [0.05, 0.1) is 9.78 Å². The van der Waals surface area contributed by atoms with Gasteiger partial charge in [0.15, 0.2) is 17.3 Å². The number of fused-ring (bicyclic) bond motifs is 2. The standard InChI is InChI=1S/C17H9Br2IN2O4/c18-10-1-8-2-15(26-16(8)12(20)4-10)17(23)22-21-6-9-3-13-14(5-11(9)19)25-7-24-13/h1-6H,7H2,(H,22,23)/b21-6+. The van der Waals surface area contributed by atoms with Gasteiger partial charge in [0.2, 0.25) is 6.79 Å². The fraction of sp³-hybridized carbons (Fsp3) is 0.0588. The van der Waals surface area contributed by atoms with Crippen LogP contribution in [0.5, 0.6) is 11.5 Å². The van der Waals surface area contributed by atoms with Crippen LogP contribution in [0.3, 0.4) is 0 Å². The number of ether oxygens (including phenoxy) is 2. The largest absolute Gasteiger partial charge is 0.454 e. The van der Waals surface area contributed by atoms with Gasteiger partial charge in [-0.2, -0.15) is 5.10 Å². The van der Waals surface area contributed by atoms with E-state index in [1.54, 1.807) is 18.2 Å². The number of benzene rings is 2. The third-order valence-electron chi connectivity index (χ3n) is 3.62. The normalized spacial score (nSPS) is 12.9. The molecule has 0 aliphatic carbocycles. The molecule has 132 valence electrons. The number of furan rings is 1. The molecule has 0 unspecified atom stereocenters. The van der Waals surface area contributed by atoms with Gasteiger partial charge >= 0.3 is 5.91 Å². The third-order valence-corrected chi connectivity index (χ3v) is 5.57. The highest BCUT2D eigenvalue weighted by Gasteiger charge is 2.16. The van der Waals surface area contributed by atoms with Gasteiger partial charge in [-0.1, -0.05) is 15.9 Å². The Balaban J connectivity index is 1.52. The minimum atomic E-state index is -0.429. The molecule has 1 aromatic heterocycles. The summed E-state index contributed by atoms with van der Waals surface area (Å²) < 4.78 is 18.9. The first-order valence-electron chi connectivity index (χ1n) is 7.32. The maximum atomic E-state index is 12.3. The van der Waals surface area contributed by atoms with Crippen LogP contribution in [-0.2, 0) is 0 Å². The molecule has 0 saturated carbocycles. The topological polar surface area (TPSA) is 73.1 Å². The van der Waals surface area contributed by atoms with Crippen molar-refractivity contribution in [2.75, 3.05) is 6.79 Å².